The van der Waals surface area contributed by atoms with E-state index in [0.717, 1.165) is 6.07 Å². The molecule has 8 heteroatoms. The van der Waals surface area contributed by atoms with Crippen molar-refractivity contribution in [3.8, 4) is 6.07 Å². The Balaban J connectivity index is 3.42. The van der Waals surface area contributed by atoms with Crippen LogP contribution < -0.4 is 0 Å². The lowest BCUT2D eigenvalue weighted by molar-refractivity contribution is -0.207. The van der Waals surface area contributed by atoms with Crippen LogP contribution >= 0.6 is 0 Å². The summed E-state index contributed by atoms with van der Waals surface area (Å²) < 4.78 is 39.4. The zero-order valence-corrected chi connectivity index (χ0v) is 11.0. The van der Waals surface area contributed by atoms with Gasteiger partial charge in [-0.05, 0) is 12.5 Å². The van der Waals surface area contributed by atoms with E-state index in [9.17, 15) is 23.1 Å². The van der Waals surface area contributed by atoms with Gasteiger partial charge in [-0.25, -0.2) is 4.79 Å². The summed E-state index contributed by atoms with van der Waals surface area (Å²) in [6.07, 6.45) is -7.05. The van der Waals surface area contributed by atoms with Crippen LogP contribution in [0.1, 0.15) is 18.5 Å². The first-order chi connectivity index (χ1) is 9.69. The molecular weight excluding hydrogens is 289 g/mol. The maximum absolute atomic E-state index is 13.1. The van der Waals surface area contributed by atoms with Gasteiger partial charge in [0.15, 0.2) is 0 Å². The van der Waals surface area contributed by atoms with Crippen molar-refractivity contribution in [2.24, 2.45) is 0 Å². The summed E-state index contributed by atoms with van der Waals surface area (Å²) in [6, 6.07) is 6.83. The molecule has 2 atom stereocenters. The van der Waals surface area contributed by atoms with Crippen molar-refractivity contribution < 1.29 is 28.2 Å². The first-order valence-corrected chi connectivity index (χ1v) is 5.85. The second kappa shape index (κ2) is 6.01. The summed E-state index contributed by atoms with van der Waals surface area (Å²) in [6.45, 7) is -0.420. The number of rotatable bonds is 4. The summed E-state index contributed by atoms with van der Waals surface area (Å²) in [5.41, 5.74) is -3.12. The maximum atomic E-state index is 13.1. The van der Waals surface area contributed by atoms with Gasteiger partial charge in [0.25, 0.3) is 0 Å². The maximum Gasteiger partial charge on any atom is 0.425 e. The van der Waals surface area contributed by atoms with Crippen molar-refractivity contribution in [3.05, 3.63) is 35.9 Å². The number of nitrogens with zero attached hydrogens (tertiary/aromatic N) is 2. The van der Waals surface area contributed by atoms with Gasteiger partial charge in [-0.2, -0.15) is 18.4 Å². The number of amides is 1. The lowest BCUT2D eigenvalue weighted by Crippen LogP contribution is -2.59. The van der Waals surface area contributed by atoms with Crippen molar-refractivity contribution in [1.29, 1.82) is 5.26 Å². The molecule has 0 fully saturated rings. The minimum atomic E-state index is -5.11. The van der Waals surface area contributed by atoms with Crippen LogP contribution in [0.15, 0.2) is 30.3 Å². The molecule has 0 radical (unpaired) electrons. The first-order valence-electron chi connectivity index (χ1n) is 5.85. The van der Waals surface area contributed by atoms with Gasteiger partial charge in [0.1, 0.15) is 6.07 Å². The Kier molecular flexibility index (Phi) is 4.80. The van der Waals surface area contributed by atoms with Crippen LogP contribution in [0, 0.1) is 11.3 Å². The number of aliphatic hydroxyl groups is 1. The zero-order chi connectivity index (χ0) is 16.3. The SMILES string of the molecule is C[C@@](C#N)(N(C(=O)O)[C@@H](CO)c1ccccc1)C(F)(F)F. The third-order valence-electron chi connectivity index (χ3n) is 3.13. The van der Waals surface area contributed by atoms with Crippen molar-refractivity contribution in [2.75, 3.05) is 6.61 Å². The highest BCUT2D eigenvalue weighted by atomic mass is 19.4. The predicted molar refractivity (Wildman–Crippen MR) is 66.2 cm³/mol. The monoisotopic (exact) mass is 302 g/mol. The molecule has 0 aliphatic heterocycles. The molecule has 0 saturated heterocycles. The van der Waals surface area contributed by atoms with Gasteiger partial charge >= 0.3 is 12.3 Å². The van der Waals surface area contributed by atoms with E-state index < -0.39 is 30.5 Å². The van der Waals surface area contributed by atoms with Crippen LogP contribution in [0.3, 0.4) is 0 Å². The summed E-state index contributed by atoms with van der Waals surface area (Å²) in [5, 5.41) is 27.3. The van der Waals surface area contributed by atoms with Crippen molar-refractivity contribution >= 4 is 6.09 Å². The molecule has 0 unspecified atom stereocenters. The molecule has 0 saturated carbocycles. The van der Waals surface area contributed by atoms with E-state index in [2.05, 4.69) is 0 Å². The van der Waals surface area contributed by atoms with Crippen LogP contribution in [-0.4, -0.2) is 39.5 Å². The highest BCUT2D eigenvalue weighted by molar-refractivity contribution is 5.68. The fourth-order valence-corrected chi connectivity index (χ4v) is 1.90. The van der Waals surface area contributed by atoms with E-state index >= 15 is 0 Å². The second-order valence-electron chi connectivity index (χ2n) is 4.44. The van der Waals surface area contributed by atoms with Gasteiger partial charge in [-0.15, -0.1) is 0 Å². The minimum absolute atomic E-state index is 0.0671. The van der Waals surface area contributed by atoms with E-state index in [4.69, 9.17) is 10.4 Å². The first kappa shape index (κ1) is 16.8. The molecule has 0 heterocycles. The van der Waals surface area contributed by atoms with E-state index in [1.807, 2.05) is 0 Å². The number of carboxylic acid groups (broad SMARTS) is 1. The topological polar surface area (TPSA) is 84.6 Å². The van der Waals surface area contributed by atoms with E-state index in [0.29, 0.717) is 6.92 Å². The lowest BCUT2D eigenvalue weighted by atomic mass is 9.96. The summed E-state index contributed by atoms with van der Waals surface area (Å²) >= 11 is 0. The van der Waals surface area contributed by atoms with Crippen molar-refractivity contribution in [2.45, 2.75) is 24.7 Å². The molecule has 0 spiro atoms. The summed E-state index contributed by atoms with van der Waals surface area (Å²) in [7, 11) is 0. The molecule has 5 nitrogen and oxygen atoms in total. The Labute approximate surface area is 118 Å². The molecule has 0 bridgehead atoms. The van der Waals surface area contributed by atoms with Gasteiger partial charge in [0.2, 0.25) is 5.54 Å². The Morgan fingerprint density at radius 3 is 2.24 bits per heavy atom. The summed E-state index contributed by atoms with van der Waals surface area (Å²) in [4.78, 5) is 11.2. The highest BCUT2D eigenvalue weighted by Gasteiger charge is 2.59. The quantitative estimate of drug-likeness (QED) is 0.895. The predicted octanol–water partition coefficient (Wildman–Crippen LogP) is 2.54. The van der Waals surface area contributed by atoms with Gasteiger partial charge in [-0.1, -0.05) is 30.3 Å². The molecule has 1 aromatic carbocycles. The average molecular weight is 302 g/mol. The number of carbonyl (C=O) groups is 1. The molecule has 2 N–H and O–H groups in total. The van der Waals surface area contributed by atoms with E-state index in [1.165, 1.54) is 24.3 Å². The Bertz CT molecular complexity index is 542. The van der Waals surface area contributed by atoms with Crippen molar-refractivity contribution in [1.82, 2.24) is 4.90 Å². The van der Waals surface area contributed by atoms with E-state index in [-0.39, 0.29) is 10.5 Å². The van der Waals surface area contributed by atoms with Gasteiger partial charge in [0, 0.05) is 0 Å². The van der Waals surface area contributed by atoms with Gasteiger partial charge in [-0.3, -0.25) is 4.90 Å². The normalized spacial score (nSPS) is 15.6. The Hall–Kier alpha value is -2.27. The van der Waals surface area contributed by atoms with Gasteiger partial charge in [0.05, 0.1) is 12.6 Å². The highest BCUT2D eigenvalue weighted by Crippen LogP contribution is 2.39. The van der Waals surface area contributed by atoms with Crippen LogP contribution in [0.25, 0.3) is 0 Å². The third kappa shape index (κ3) is 3.08. The fourth-order valence-electron chi connectivity index (χ4n) is 1.90. The molecular formula is C13H13F3N2O3. The average Bonchev–Trinajstić information content (AvgIpc) is 2.43. The number of benzene rings is 1. The van der Waals surface area contributed by atoms with Crippen LogP contribution in [-0.2, 0) is 0 Å². The Morgan fingerprint density at radius 2 is 1.90 bits per heavy atom. The number of alkyl halides is 3. The van der Waals surface area contributed by atoms with Crippen LogP contribution in [0.4, 0.5) is 18.0 Å². The molecule has 21 heavy (non-hydrogen) atoms. The molecule has 0 aliphatic rings. The number of halogens is 3. The van der Waals surface area contributed by atoms with E-state index in [1.54, 1.807) is 6.07 Å². The smallest absolute Gasteiger partial charge is 0.425 e. The standard InChI is InChI=1S/C13H13F3N2O3/c1-12(8-17,13(14,15)16)18(11(20)21)10(7-19)9-5-3-2-4-6-9/h2-6,10,19H,7H2,1H3,(H,20,21)/t10-,12-/m0/s1. The minimum Gasteiger partial charge on any atom is -0.465 e. The second-order valence-corrected chi connectivity index (χ2v) is 4.44. The molecule has 1 amide bonds. The van der Waals surface area contributed by atoms with Crippen LogP contribution in [0.2, 0.25) is 0 Å². The Morgan fingerprint density at radius 1 is 1.38 bits per heavy atom. The number of nitriles is 1. The molecule has 0 aromatic heterocycles. The van der Waals surface area contributed by atoms with Crippen LogP contribution in [0.5, 0.6) is 0 Å². The molecule has 0 aliphatic carbocycles. The largest absolute Gasteiger partial charge is 0.465 e. The number of hydrogen-bond acceptors (Lipinski definition) is 3. The lowest BCUT2D eigenvalue weighted by Gasteiger charge is -2.39. The molecule has 1 aromatic rings. The summed E-state index contributed by atoms with van der Waals surface area (Å²) in [5.74, 6) is 0. The van der Waals surface area contributed by atoms with Gasteiger partial charge < -0.3 is 10.2 Å². The number of hydrogen-bond donors (Lipinski definition) is 2. The number of aliphatic hydroxyl groups excluding tert-OH is 1. The fraction of sp³-hybridized carbons (Fsp3) is 0.385. The van der Waals surface area contributed by atoms with Crippen molar-refractivity contribution in [3.63, 3.8) is 0 Å². The molecule has 1 rings (SSSR count). The zero-order valence-electron chi connectivity index (χ0n) is 11.0. The molecule has 114 valence electrons. The third-order valence-corrected chi connectivity index (χ3v) is 3.13.